The molecule has 0 saturated carbocycles. The summed E-state index contributed by atoms with van der Waals surface area (Å²) in [5.41, 5.74) is 6.19. The van der Waals surface area contributed by atoms with Gasteiger partial charge in [0.05, 0.1) is 7.11 Å². The highest BCUT2D eigenvalue weighted by molar-refractivity contribution is 5.36. The van der Waals surface area contributed by atoms with Crippen LogP contribution in [0.25, 0.3) is 0 Å². The largest absolute Gasteiger partial charge is 0.497 e. The van der Waals surface area contributed by atoms with E-state index in [9.17, 15) is 8.78 Å². The molecule has 1 aromatic carbocycles. The van der Waals surface area contributed by atoms with Gasteiger partial charge in [-0.05, 0) is 37.1 Å². The van der Waals surface area contributed by atoms with E-state index in [0.717, 1.165) is 0 Å². The average Bonchev–Trinajstić information content (AvgIpc) is 2.16. The van der Waals surface area contributed by atoms with E-state index in [1.165, 1.54) is 19.2 Å². The van der Waals surface area contributed by atoms with Gasteiger partial charge in [0, 0.05) is 11.6 Å². The lowest BCUT2D eigenvalue weighted by Crippen LogP contribution is -2.18. The van der Waals surface area contributed by atoms with Crippen LogP contribution in [0.4, 0.5) is 8.78 Å². The van der Waals surface area contributed by atoms with Crippen LogP contribution in [-0.4, -0.2) is 13.2 Å². The maximum Gasteiger partial charge on any atom is 0.264 e. The highest BCUT2D eigenvalue weighted by Gasteiger charge is 2.14. The minimum Gasteiger partial charge on any atom is -0.497 e. The highest BCUT2D eigenvalue weighted by Crippen LogP contribution is 2.27. The Hall–Kier alpha value is -1.16. The van der Waals surface area contributed by atoms with E-state index in [4.69, 9.17) is 10.5 Å². The molecule has 0 radical (unpaired) electrons. The second kappa shape index (κ2) is 5.07. The molecule has 84 valence electrons. The molecule has 4 heteroatoms. The molecule has 1 unspecified atom stereocenters. The SMILES string of the molecule is COc1ccc(C(F)F)c(CC(C)N)c1. The third-order valence-corrected chi connectivity index (χ3v) is 2.13. The molecule has 15 heavy (non-hydrogen) atoms. The van der Waals surface area contributed by atoms with Crippen LogP contribution in [0.15, 0.2) is 18.2 Å². The van der Waals surface area contributed by atoms with E-state index in [0.29, 0.717) is 17.7 Å². The molecule has 1 atom stereocenters. The van der Waals surface area contributed by atoms with Gasteiger partial charge >= 0.3 is 0 Å². The molecule has 0 spiro atoms. The Balaban J connectivity index is 3.05. The van der Waals surface area contributed by atoms with Crippen LogP contribution in [0.3, 0.4) is 0 Å². The number of nitrogens with two attached hydrogens (primary N) is 1. The van der Waals surface area contributed by atoms with Gasteiger partial charge in [-0.25, -0.2) is 8.78 Å². The van der Waals surface area contributed by atoms with Gasteiger partial charge < -0.3 is 10.5 Å². The summed E-state index contributed by atoms with van der Waals surface area (Å²) in [6.07, 6.45) is -2.04. The van der Waals surface area contributed by atoms with Gasteiger partial charge in [-0.2, -0.15) is 0 Å². The van der Waals surface area contributed by atoms with Gasteiger partial charge in [-0.3, -0.25) is 0 Å². The summed E-state index contributed by atoms with van der Waals surface area (Å²) < 4.78 is 30.2. The van der Waals surface area contributed by atoms with Gasteiger partial charge in [0.25, 0.3) is 6.43 Å². The number of ether oxygens (including phenoxy) is 1. The zero-order chi connectivity index (χ0) is 11.4. The Morgan fingerprint density at radius 2 is 2.07 bits per heavy atom. The Kier molecular flexibility index (Phi) is 4.03. The summed E-state index contributed by atoms with van der Waals surface area (Å²) in [4.78, 5) is 0. The molecular formula is C11H15F2NO. The Labute approximate surface area is 88.0 Å². The van der Waals surface area contributed by atoms with E-state index in [1.807, 2.05) is 0 Å². The van der Waals surface area contributed by atoms with Crippen LogP contribution in [-0.2, 0) is 6.42 Å². The number of methoxy groups -OCH3 is 1. The van der Waals surface area contributed by atoms with Gasteiger partial charge in [0.15, 0.2) is 0 Å². The maximum atomic E-state index is 12.6. The van der Waals surface area contributed by atoms with Crippen molar-refractivity contribution in [2.75, 3.05) is 7.11 Å². The summed E-state index contributed by atoms with van der Waals surface area (Å²) in [5, 5.41) is 0. The van der Waals surface area contributed by atoms with E-state index in [-0.39, 0.29) is 11.6 Å². The van der Waals surface area contributed by atoms with E-state index >= 15 is 0 Å². The van der Waals surface area contributed by atoms with E-state index < -0.39 is 6.43 Å². The van der Waals surface area contributed by atoms with Crippen LogP contribution < -0.4 is 10.5 Å². The molecule has 0 aliphatic rings. The van der Waals surface area contributed by atoms with E-state index in [2.05, 4.69) is 0 Å². The molecule has 1 aromatic rings. The summed E-state index contributed by atoms with van der Waals surface area (Å²) in [6, 6.07) is 4.40. The first-order valence-corrected chi connectivity index (χ1v) is 4.75. The molecule has 0 heterocycles. The first-order valence-electron chi connectivity index (χ1n) is 4.75. The normalized spacial score (nSPS) is 12.9. The number of hydrogen-bond acceptors (Lipinski definition) is 2. The van der Waals surface area contributed by atoms with Crippen molar-refractivity contribution in [1.82, 2.24) is 0 Å². The van der Waals surface area contributed by atoms with Crippen molar-refractivity contribution in [2.45, 2.75) is 25.8 Å². The van der Waals surface area contributed by atoms with Gasteiger partial charge in [0.1, 0.15) is 5.75 Å². The molecule has 0 saturated heterocycles. The standard InChI is InChI=1S/C11H15F2NO/c1-7(14)5-8-6-9(15-2)3-4-10(8)11(12)13/h3-4,6-7,11H,5,14H2,1-2H3. The van der Waals surface area contributed by atoms with Gasteiger partial charge in [-0.1, -0.05) is 0 Å². The summed E-state index contributed by atoms with van der Waals surface area (Å²) in [7, 11) is 1.51. The third kappa shape index (κ3) is 3.16. The molecule has 0 aliphatic carbocycles. The molecule has 2 N–H and O–H groups in total. The first kappa shape index (κ1) is 11.9. The predicted octanol–water partition coefficient (Wildman–Crippen LogP) is 2.52. The molecule has 0 aromatic heterocycles. The topological polar surface area (TPSA) is 35.2 Å². The van der Waals surface area contributed by atoms with Crippen LogP contribution >= 0.6 is 0 Å². The lowest BCUT2D eigenvalue weighted by atomic mass is 10.0. The first-order chi connectivity index (χ1) is 7.04. The molecule has 1 rings (SSSR count). The molecule has 0 fully saturated rings. The fourth-order valence-electron chi connectivity index (χ4n) is 1.45. The Morgan fingerprint density at radius 1 is 1.40 bits per heavy atom. The number of halogens is 2. The third-order valence-electron chi connectivity index (χ3n) is 2.13. The van der Waals surface area contributed by atoms with Crippen molar-refractivity contribution in [2.24, 2.45) is 5.73 Å². The highest BCUT2D eigenvalue weighted by atomic mass is 19.3. The second-order valence-corrected chi connectivity index (χ2v) is 3.55. The smallest absolute Gasteiger partial charge is 0.264 e. The zero-order valence-electron chi connectivity index (χ0n) is 8.84. The minimum absolute atomic E-state index is 0.0353. The molecule has 2 nitrogen and oxygen atoms in total. The van der Waals surface area contributed by atoms with Gasteiger partial charge in [-0.15, -0.1) is 0 Å². The van der Waals surface area contributed by atoms with Gasteiger partial charge in [0.2, 0.25) is 0 Å². The van der Waals surface area contributed by atoms with Crippen molar-refractivity contribution < 1.29 is 13.5 Å². The Morgan fingerprint density at radius 3 is 2.53 bits per heavy atom. The fourth-order valence-corrected chi connectivity index (χ4v) is 1.45. The van der Waals surface area contributed by atoms with Crippen molar-refractivity contribution in [3.8, 4) is 5.75 Å². The molecule has 0 aliphatic heterocycles. The quantitative estimate of drug-likeness (QED) is 0.837. The van der Waals surface area contributed by atoms with E-state index in [1.54, 1.807) is 13.0 Å². The molecule has 0 amide bonds. The Bertz CT molecular complexity index is 326. The van der Waals surface area contributed by atoms with Crippen molar-refractivity contribution in [1.29, 1.82) is 0 Å². The lowest BCUT2D eigenvalue weighted by Gasteiger charge is -2.12. The second-order valence-electron chi connectivity index (χ2n) is 3.55. The fraction of sp³-hybridized carbons (Fsp3) is 0.455. The van der Waals surface area contributed by atoms with Crippen LogP contribution in [0.2, 0.25) is 0 Å². The molecular weight excluding hydrogens is 200 g/mol. The predicted molar refractivity (Wildman–Crippen MR) is 55.3 cm³/mol. The van der Waals surface area contributed by atoms with Crippen LogP contribution in [0.1, 0.15) is 24.5 Å². The maximum absolute atomic E-state index is 12.6. The number of alkyl halides is 2. The number of rotatable bonds is 4. The average molecular weight is 215 g/mol. The summed E-state index contributed by atoms with van der Waals surface area (Å²) >= 11 is 0. The van der Waals surface area contributed by atoms with Crippen LogP contribution in [0, 0.1) is 0 Å². The van der Waals surface area contributed by atoms with Crippen molar-refractivity contribution in [3.05, 3.63) is 29.3 Å². The number of benzene rings is 1. The number of hydrogen-bond donors (Lipinski definition) is 1. The molecule has 0 bridgehead atoms. The minimum atomic E-state index is -2.47. The van der Waals surface area contributed by atoms with Crippen molar-refractivity contribution >= 4 is 0 Å². The zero-order valence-corrected chi connectivity index (χ0v) is 8.84. The van der Waals surface area contributed by atoms with Crippen LogP contribution in [0.5, 0.6) is 5.75 Å². The van der Waals surface area contributed by atoms with Crippen molar-refractivity contribution in [3.63, 3.8) is 0 Å². The summed E-state index contributed by atoms with van der Waals surface area (Å²) in [6.45, 7) is 1.79. The summed E-state index contributed by atoms with van der Waals surface area (Å²) in [5.74, 6) is 0.579. The monoisotopic (exact) mass is 215 g/mol. The lowest BCUT2D eigenvalue weighted by molar-refractivity contribution is 0.150.